The van der Waals surface area contributed by atoms with E-state index in [-0.39, 0.29) is 10.9 Å². The summed E-state index contributed by atoms with van der Waals surface area (Å²) in [6.07, 6.45) is 0. The lowest BCUT2D eigenvalue weighted by atomic mass is 10.3. The molecule has 2 heterocycles. The molecular weight excluding hydrogens is 242 g/mol. The number of nitrogens with zero attached hydrogens (tertiary/aromatic N) is 3. The third-order valence-electron chi connectivity index (χ3n) is 2.77. The van der Waals surface area contributed by atoms with Crippen LogP contribution in [-0.2, 0) is 0 Å². The molecule has 0 unspecified atom stereocenters. The molecule has 0 saturated carbocycles. The zero-order valence-corrected chi connectivity index (χ0v) is 10.3. The fourth-order valence-electron chi connectivity index (χ4n) is 1.71. The SMILES string of the molecule is CN1CCN(C(=O)c2ccc([N+](=O)[O-])s2)CC1. The minimum absolute atomic E-state index is 0.0162. The number of piperazine rings is 1. The van der Waals surface area contributed by atoms with E-state index in [2.05, 4.69) is 4.90 Å². The summed E-state index contributed by atoms with van der Waals surface area (Å²) in [5.74, 6) is -0.101. The molecule has 0 bridgehead atoms. The highest BCUT2D eigenvalue weighted by molar-refractivity contribution is 7.17. The third kappa shape index (κ3) is 2.62. The van der Waals surface area contributed by atoms with Crippen molar-refractivity contribution in [2.45, 2.75) is 0 Å². The molecule has 1 aromatic heterocycles. The quantitative estimate of drug-likeness (QED) is 0.585. The molecule has 1 aliphatic rings. The van der Waals surface area contributed by atoms with E-state index in [1.165, 1.54) is 12.1 Å². The van der Waals surface area contributed by atoms with Crippen molar-refractivity contribution in [1.82, 2.24) is 9.80 Å². The zero-order chi connectivity index (χ0) is 12.4. The predicted octanol–water partition coefficient (Wildman–Crippen LogP) is 1.04. The molecule has 0 radical (unpaired) electrons. The van der Waals surface area contributed by atoms with Gasteiger partial charge in [0.05, 0.1) is 9.80 Å². The van der Waals surface area contributed by atoms with Crippen molar-refractivity contribution < 1.29 is 9.72 Å². The standard InChI is InChI=1S/C10H13N3O3S/c1-11-4-6-12(7-5-11)10(14)8-2-3-9(17-8)13(15)16/h2-3H,4-7H2,1H3. The van der Waals surface area contributed by atoms with Crippen LogP contribution in [0, 0.1) is 10.1 Å². The number of carbonyl (C=O) groups excluding carboxylic acids is 1. The summed E-state index contributed by atoms with van der Waals surface area (Å²) >= 11 is 0.940. The van der Waals surface area contributed by atoms with Crippen molar-refractivity contribution >= 4 is 22.2 Å². The summed E-state index contributed by atoms with van der Waals surface area (Å²) < 4.78 is 0. The van der Waals surface area contributed by atoms with Crippen molar-refractivity contribution in [3.8, 4) is 0 Å². The summed E-state index contributed by atoms with van der Waals surface area (Å²) in [4.78, 5) is 26.5. The smallest absolute Gasteiger partial charge is 0.324 e. The van der Waals surface area contributed by atoms with Gasteiger partial charge in [-0.15, -0.1) is 0 Å². The highest BCUT2D eigenvalue weighted by atomic mass is 32.1. The van der Waals surface area contributed by atoms with Gasteiger partial charge in [0.25, 0.3) is 5.91 Å². The molecule has 1 fully saturated rings. The van der Waals surface area contributed by atoms with Crippen molar-refractivity contribution in [2.75, 3.05) is 33.2 Å². The van der Waals surface area contributed by atoms with Crippen LogP contribution in [0.1, 0.15) is 9.67 Å². The van der Waals surface area contributed by atoms with Crippen molar-refractivity contribution in [2.24, 2.45) is 0 Å². The van der Waals surface area contributed by atoms with Crippen molar-refractivity contribution in [1.29, 1.82) is 0 Å². The number of hydrogen-bond acceptors (Lipinski definition) is 5. The fraction of sp³-hybridized carbons (Fsp3) is 0.500. The first kappa shape index (κ1) is 12.0. The van der Waals surface area contributed by atoms with Gasteiger partial charge in [-0.1, -0.05) is 11.3 Å². The number of likely N-dealkylation sites (N-methyl/N-ethyl adjacent to an activating group) is 1. The van der Waals surface area contributed by atoms with Crippen LogP contribution in [0.4, 0.5) is 5.00 Å². The first-order chi connectivity index (χ1) is 8.08. The summed E-state index contributed by atoms with van der Waals surface area (Å²) in [5, 5.41) is 10.6. The largest absolute Gasteiger partial charge is 0.335 e. The summed E-state index contributed by atoms with van der Waals surface area (Å²) in [6.45, 7) is 3.06. The van der Waals surface area contributed by atoms with Crippen LogP contribution in [0.5, 0.6) is 0 Å². The Labute approximate surface area is 103 Å². The molecule has 1 saturated heterocycles. The number of nitro groups is 1. The molecule has 0 atom stereocenters. The van der Waals surface area contributed by atoms with E-state index < -0.39 is 4.92 Å². The molecule has 2 rings (SSSR count). The lowest BCUT2D eigenvalue weighted by Crippen LogP contribution is -2.46. The Kier molecular flexibility index (Phi) is 3.39. The topological polar surface area (TPSA) is 66.7 Å². The summed E-state index contributed by atoms with van der Waals surface area (Å²) in [5.41, 5.74) is 0. The van der Waals surface area contributed by atoms with Gasteiger partial charge in [-0.3, -0.25) is 14.9 Å². The Balaban J connectivity index is 2.06. The first-order valence-electron chi connectivity index (χ1n) is 5.30. The third-order valence-corrected chi connectivity index (χ3v) is 3.80. The van der Waals surface area contributed by atoms with E-state index in [9.17, 15) is 14.9 Å². The second-order valence-corrected chi connectivity index (χ2v) is 5.05. The van der Waals surface area contributed by atoms with Gasteiger partial charge in [0.2, 0.25) is 0 Å². The van der Waals surface area contributed by atoms with E-state index in [1.807, 2.05) is 7.05 Å². The lowest BCUT2D eigenvalue weighted by molar-refractivity contribution is -0.380. The van der Waals surface area contributed by atoms with Gasteiger partial charge in [0, 0.05) is 32.2 Å². The van der Waals surface area contributed by atoms with Gasteiger partial charge in [-0.25, -0.2) is 0 Å². The Hall–Kier alpha value is -1.47. The van der Waals surface area contributed by atoms with E-state index >= 15 is 0 Å². The van der Waals surface area contributed by atoms with Crippen LogP contribution in [0.2, 0.25) is 0 Å². The maximum Gasteiger partial charge on any atom is 0.324 e. The number of hydrogen-bond donors (Lipinski definition) is 0. The van der Waals surface area contributed by atoms with Crippen LogP contribution in [0.25, 0.3) is 0 Å². The van der Waals surface area contributed by atoms with Crippen LogP contribution >= 0.6 is 11.3 Å². The molecule has 7 heteroatoms. The van der Waals surface area contributed by atoms with Crippen LogP contribution < -0.4 is 0 Å². The van der Waals surface area contributed by atoms with Crippen molar-refractivity contribution in [3.05, 3.63) is 27.1 Å². The van der Waals surface area contributed by atoms with Gasteiger partial charge < -0.3 is 9.80 Å². The Bertz CT molecular complexity index is 438. The van der Waals surface area contributed by atoms with Crippen molar-refractivity contribution in [3.63, 3.8) is 0 Å². The average Bonchev–Trinajstić information content (AvgIpc) is 2.78. The molecule has 1 aliphatic heterocycles. The number of rotatable bonds is 2. The van der Waals surface area contributed by atoms with E-state index in [0.717, 1.165) is 24.4 Å². The molecule has 92 valence electrons. The number of carbonyl (C=O) groups is 1. The highest BCUT2D eigenvalue weighted by Gasteiger charge is 2.23. The second-order valence-electron chi connectivity index (χ2n) is 3.99. The molecule has 6 nitrogen and oxygen atoms in total. The normalized spacial score (nSPS) is 17.1. The van der Waals surface area contributed by atoms with Gasteiger partial charge in [-0.2, -0.15) is 0 Å². The van der Waals surface area contributed by atoms with Gasteiger partial charge in [-0.05, 0) is 13.1 Å². The molecular formula is C10H13N3O3S. The average molecular weight is 255 g/mol. The van der Waals surface area contributed by atoms with Gasteiger partial charge in [0.1, 0.15) is 0 Å². The number of thiophene rings is 1. The second kappa shape index (κ2) is 4.80. The predicted molar refractivity (Wildman–Crippen MR) is 64.4 cm³/mol. The minimum atomic E-state index is -0.467. The minimum Gasteiger partial charge on any atom is -0.335 e. The van der Waals surface area contributed by atoms with Crippen LogP contribution in [0.15, 0.2) is 12.1 Å². The Morgan fingerprint density at radius 2 is 2.00 bits per heavy atom. The van der Waals surface area contributed by atoms with E-state index in [0.29, 0.717) is 18.0 Å². The Morgan fingerprint density at radius 3 is 2.53 bits per heavy atom. The molecule has 17 heavy (non-hydrogen) atoms. The molecule has 1 aromatic rings. The molecule has 0 spiro atoms. The van der Waals surface area contributed by atoms with E-state index in [1.54, 1.807) is 4.90 Å². The summed E-state index contributed by atoms with van der Waals surface area (Å²) in [7, 11) is 2.01. The molecule has 0 aliphatic carbocycles. The highest BCUT2D eigenvalue weighted by Crippen LogP contribution is 2.25. The molecule has 1 amide bonds. The first-order valence-corrected chi connectivity index (χ1v) is 6.11. The van der Waals surface area contributed by atoms with Crippen LogP contribution in [0.3, 0.4) is 0 Å². The van der Waals surface area contributed by atoms with Gasteiger partial charge >= 0.3 is 5.00 Å². The van der Waals surface area contributed by atoms with Crippen LogP contribution in [-0.4, -0.2) is 53.9 Å². The number of amides is 1. The lowest BCUT2D eigenvalue weighted by Gasteiger charge is -2.32. The molecule has 0 N–H and O–H groups in total. The summed E-state index contributed by atoms with van der Waals surface area (Å²) in [6, 6.07) is 2.91. The fourth-order valence-corrected chi connectivity index (χ4v) is 2.49. The Morgan fingerprint density at radius 1 is 1.35 bits per heavy atom. The van der Waals surface area contributed by atoms with E-state index in [4.69, 9.17) is 0 Å². The molecule has 0 aromatic carbocycles. The maximum absolute atomic E-state index is 12.0. The monoisotopic (exact) mass is 255 g/mol. The zero-order valence-electron chi connectivity index (χ0n) is 9.46. The maximum atomic E-state index is 12.0. The van der Waals surface area contributed by atoms with Gasteiger partial charge in [0.15, 0.2) is 0 Å².